The van der Waals surface area contributed by atoms with Crippen molar-refractivity contribution in [1.29, 1.82) is 0 Å². The van der Waals surface area contributed by atoms with E-state index in [2.05, 4.69) is 57.5 Å². The topological polar surface area (TPSA) is 39.2 Å². The summed E-state index contributed by atoms with van der Waals surface area (Å²) in [5.41, 5.74) is 1.03. The van der Waals surface area contributed by atoms with Crippen molar-refractivity contribution >= 4 is 53.8 Å². The number of carbonyl (C=O) groups is 1. The fraction of sp³-hybridized carbons (Fsp3) is 0.250. The third kappa shape index (κ3) is 2.77. The van der Waals surface area contributed by atoms with Gasteiger partial charge in [0.05, 0.1) is 18.4 Å². The number of rotatable bonds is 2. The Morgan fingerprint density at radius 1 is 1.57 bits per heavy atom. The summed E-state index contributed by atoms with van der Waals surface area (Å²) in [4.78, 5) is 15.5. The molecule has 6 heteroatoms. The Morgan fingerprint density at radius 2 is 2.21 bits per heavy atom. The number of halogens is 3. The molecule has 0 aliphatic heterocycles. The highest BCUT2D eigenvalue weighted by molar-refractivity contribution is 9.24. The zero-order chi connectivity index (χ0) is 10.7. The average molecular weight is 388 g/mol. The quantitative estimate of drug-likeness (QED) is 0.576. The van der Waals surface area contributed by atoms with E-state index < -0.39 is 5.97 Å². The van der Waals surface area contributed by atoms with Gasteiger partial charge in [-0.1, -0.05) is 31.9 Å². The smallest absolute Gasteiger partial charge is 0.339 e. The van der Waals surface area contributed by atoms with Crippen LogP contribution in [0.1, 0.15) is 19.8 Å². The van der Waals surface area contributed by atoms with Gasteiger partial charge in [-0.3, -0.25) is 4.98 Å². The summed E-state index contributed by atoms with van der Waals surface area (Å²) in [7, 11) is 1.34. The molecule has 0 aromatic carbocycles. The Kier molecular flexibility index (Phi) is 4.53. The maximum atomic E-state index is 11.4. The van der Waals surface area contributed by atoms with Crippen LogP contribution in [0.15, 0.2) is 16.7 Å². The van der Waals surface area contributed by atoms with Gasteiger partial charge in [0.2, 0.25) is 0 Å². The van der Waals surface area contributed by atoms with Gasteiger partial charge in [0, 0.05) is 10.7 Å². The van der Waals surface area contributed by atoms with Gasteiger partial charge in [-0.05, 0) is 22.0 Å². The summed E-state index contributed by atoms with van der Waals surface area (Å²) in [6, 6.07) is 1.67. The first-order valence-electron chi connectivity index (χ1n) is 3.58. The van der Waals surface area contributed by atoms with E-state index in [1.165, 1.54) is 7.11 Å². The second-order valence-electron chi connectivity index (χ2n) is 2.38. The third-order valence-electron chi connectivity index (χ3n) is 1.50. The number of nitrogens with zero attached hydrogens (tertiary/aromatic N) is 1. The largest absolute Gasteiger partial charge is 0.465 e. The third-order valence-corrected chi connectivity index (χ3v) is 2.80. The predicted octanol–water partition coefficient (Wildman–Crippen LogP) is 3.42. The van der Waals surface area contributed by atoms with E-state index in [0.29, 0.717) is 11.3 Å². The molecule has 1 aromatic rings. The zero-order valence-corrected chi connectivity index (χ0v) is 11.9. The lowest BCUT2D eigenvalue weighted by Gasteiger charge is -2.07. The van der Waals surface area contributed by atoms with E-state index in [-0.39, 0.29) is 3.74 Å². The molecule has 0 saturated carbocycles. The van der Waals surface area contributed by atoms with E-state index >= 15 is 0 Å². The summed E-state index contributed by atoms with van der Waals surface area (Å²) in [6.45, 7) is 0. The van der Waals surface area contributed by atoms with Crippen molar-refractivity contribution in [2.75, 3.05) is 7.11 Å². The van der Waals surface area contributed by atoms with E-state index in [1.54, 1.807) is 12.3 Å². The standard InChI is InChI=1S/C8H6Br3NO2/c1-14-8(13)5-2-4(9)3-12-6(5)7(10)11/h2-3,7H,1H3. The number of esters is 1. The molecule has 1 rings (SSSR count). The van der Waals surface area contributed by atoms with Crippen LogP contribution in [0.2, 0.25) is 0 Å². The molecule has 0 unspecified atom stereocenters. The summed E-state index contributed by atoms with van der Waals surface area (Å²) >= 11 is 9.81. The fourth-order valence-corrected chi connectivity index (χ4v) is 1.96. The summed E-state index contributed by atoms with van der Waals surface area (Å²) in [5, 5.41) is 0. The fourth-order valence-electron chi connectivity index (χ4n) is 0.897. The molecule has 0 saturated heterocycles. The van der Waals surface area contributed by atoms with Crippen LogP contribution in [-0.4, -0.2) is 18.1 Å². The van der Waals surface area contributed by atoms with Crippen molar-refractivity contribution in [1.82, 2.24) is 4.98 Å². The van der Waals surface area contributed by atoms with Gasteiger partial charge in [0.15, 0.2) is 0 Å². The Morgan fingerprint density at radius 3 is 2.71 bits per heavy atom. The highest BCUT2D eigenvalue weighted by Gasteiger charge is 2.17. The molecule has 0 N–H and O–H groups in total. The zero-order valence-electron chi connectivity index (χ0n) is 7.13. The van der Waals surface area contributed by atoms with Crippen LogP contribution < -0.4 is 0 Å². The first-order chi connectivity index (χ1) is 6.56. The van der Waals surface area contributed by atoms with Crippen LogP contribution in [0.25, 0.3) is 0 Å². The van der Waals surface area contributed by atoms with E-state index in [1.807, 2.05) is 0 Å². The molecular weight excluding hydrogens is 382 g/mol. The second-order valence-corrected chi connectivity index (χ2v) is 6.35. The lowest BCUT2D eigenvalue weighted by atomic mass is 10.2. The van der Waals surface area contributed by atoms with Crippen molar-refractivity contribution in [2.45, 2.75) is 3.74 Å². The molecule has 0 spiro atoms. The minimum Gasteiger partial charge on any atom is -0.465 e. The first kappa shape index (κ1) is 12.1. The molecule has 1 aromatic heterocycles. The van der Waals surface area contributed by atoms with Crippen LogP contribution in [0.5, 0.6) is 0 Å². The molecule has 0 fully saturated rings. The molecule has 0 bridgehead atoms. The average Bonchev–Trinajstić information content (AvgIpc) is 2.16. The molecule has 3 nitrogen and oxygen atoms in total. The van der Waals surface area contributed by atoms with Crippen molar-refractivity contribution < 1.29 is 9.53 Å². The van der Waals surface area contributed by atoms with Gasteiger partial charge in [-0.2, -0.15) is 0 Å². The SMILES string of the molecule is COC(=O)c1cc(Br)cnc1C(Br)Br. The normalized spacial score (nSPS) is 10.4. The predicted molar refractivity (Wildman–Crippen MR) is 63.9 cm³/mol. The number of hydrogen-bond acceptors (Lipinski definition) is 3. The highest BCUT2D eigenvalue weighted by Crippen LogP contribution is 2.31. The van der Waals surface area contributed by atoms with Crippen LogP contribution >= 0.6 is 47.8 Å². The molecule has 1 heterocycles. The van der Waals surface area contributed by atoms with E-state index in [0.717, 1.165) is 4.47 Å². The number of aromatic nitrogens is 1. The van der Waals surface area contributed by atoms with Crippen LogP contribution in [0, 0.1) is 0 Å². The summed E-state index contributed by atoms with van der Waals surface area (Å²) in [6.07, 6.45) is 1.62. The second kappa shape index (κ2) is 5.23. The monoisotopic (exact) mass is 385 g/mol. The minimum absolute atomic E-state index is 0.169. The van der Waals surface area contributed by atoms with Crippen LogP contribution in [0.4, 0.5) is 0 Å². The van der Waals surface area contributed by atoms with Gasteiger partial charge in [0.1, 0.15) is 3.74 Å². The lowest BCUT2D eigenvalue weighted by molar-refractivity contribution is 0.0599. The van der Waals surface area contributed by atoms with Crippen molar-refractivity contribution in [3.63, 3.8) is 0 Å². The number of alkyl halides is 2. The van der Waals surface area contributed by atoms with Gasteiger partial charge >= 0.3 is 5.97 Å². The molecule has 14 heavy (non-hydrogen) atoms. The summed E-state index contributed by atoms with van der Waals surface area (Å²) in [5.74, 6) is -0.405. The van der Waals surface area contributed by atoms with Crippen LogP contribution in [0.3, 0.4) is 0 Å². The maximum absolute atomic E-state index is 11.4. The highest BCUT2D eigenvalue weighted by atomic mass is 79.9. The van der Waals surface area contributed by atoms with Gasteiger partial charge in [0.25, 0.3) is 0 Å². The number of hydrogen-bond donors (Lipinski definition) is 0. The lowest BCUT2D eigenvalue weighted by Crippen LogP contribution is -2.07. The molecule has 0 aliphatic rings. The first-order valence-corrected chi connectivity index (χ1v) is 6.20. The maximum Gasteiger partial charge on any atom is 0.339 e. The molecule has 0 aliphatic carbocycles. The number of methoxy groups -OCH3 is 1. The number of pyridine rings is 1. The Hall–Kier alpha value is 0.0600. The van der Waals surface area contributed by atoms with E-state index in [9.17, 15) is 4.79 Å². The molecule has 76 valence electrons. The number of carbonyl (C=O) groups excluding carboxylic acids is 1. The van der Waals surface area contributed by atoms with Crippen molar-refractivity contribution in [2.24, 2.45) is 0 Å². The molecule has 0 amide bonds. The summed E-state index contributed by atoms with van der Waals surface area (Å²) < 4.78 is 5.21. The van der Waals surface area contributed by atoms with Crippen LogP contribution in [-0.2, 0) is 4.74 Å². The van der Waals surface area contributed by atoms with Gasteiger partial charge in [-0.25, -0.2) is 4.79 Å². The molecular formula is C8H6Br3NO2. The van der Waals surface area contributed by atoms with Crippen molar-refractivity contribution in [3.05, 3.63) is 28.0 Å². The molecule has 0 atom stereocenters. The number of ether oxygens (including phenoxy) is 1. The Labute approximate surface area is 107 Å². The van der Waals surface area contributed by atoms with E-state index in [4.69, 9.17) is 0 Å². The Bertz CT molecular complexity index is 354. The van der Waals surface area contributed by atoms with Crippen molar-refractivity contribution in [3.8, 4) is 0 Å². The van der Waals surface area contributed by atoms with Gasteiger partial charge in [-0.15, -0.1) is 0 Å². The van der Waals surface area contributed by atoms with Gasteiger partial charge < -0.3 is 4.74 Å². The molecule has 0 radical (unpaired) electrons. The minimum atomic E-state index is -0.405. The Balaban J connectivity index is 3.22.